The Hall–Kier alpha value is -0.700. The van der Waals surface area contributed by atoms with E-state index in [2.05, 4.69) is 5.10 Å². The summed E-state index contributed by atoms with van der Waals surface area (Å²) in [4.78, 5) is 0. The van der Waals surface area contributed by atoms with Crippen molar-refractivity contribution in [1.29, 1.82) is 0 Å². The summed E-state index contributed by atoms with van der Waals surface area (Å²) in [7, 11) is 0. The number of halogens is 1. The predicted octanol–water partition coefficient (Wildman–Crippen LogP) is 3.01. The second-order valence-electron chi connectivity index (χ2n) is 4.47. The van der Waals surface area contributed by atoms with E-state index in [1.54, 1.807) is 0 Å². The number of rotatable bonds is 2. The summed E-state index contributed by atoms with van der Waals surface area (Å²) < 4.78 is 1.87. The molecule has 1 aromatic rings. The minimum Gasteiger partial charge on any atom is -0.383 e. The Bertz CT molecular complexity index is 340. The molecule has 0 saturated heterocycles. The van der Waals surface area contributed by atoms with Crippen molar-refractivity contribution in [1.82, 2.24) is 9.78 Å². The number of anilines is 1. The summed E-state index contributed by atoms with van der Waals surface area (Å²) in [6, 6.07) is 0. The summed E-state index contributed by atoms with van der Waals surface area (Å²) in [6.45, 7) is 2.83. The Labute approximate surface area is 95.6 Å². The summed E-state index contributed by atoms with van der Waals surface area (Å²) in [5.41, 5.74) is 6.73. The fraction of sp³-hybridized carbons (Fsp3) is 0.727. The van der Waals surface area contributed by atoms with Gasteiger partial charge in [-0.1, -0.05) is 30.9 Å². The number of nitrogens with zero attached hydrogens (tertiary/aromatic N) is 2. The molecule has 1 fully saturated rings. The first kappa shape index (κ1) is 10.8. The molecule has 1 aliphatic rings. The highest BCUT2D eigenvalue weighted by Crippen LogP contribution is 2.28. The van der Waals surface area contributed by atoms with Crippen LogP contribution in [0, 0.1) is 12.8 Å². The van der Waals surface area contributed by atoms with Gasteiger partial charge in [0, 0.05) is 6.54 Å². The van der Waals surface area contributed by atoms with Gasteiger partial charge in [-0.25, -0.2) is 4.68 Å². The van der Waals surface area contributed by atoms with Gasteiger partial charge in [0.15, 0.2) is 0 Å². The van der Waals surface area contributed by atoms with Gasteiger partial charge in [0.05, 0.1) is 5.69 Å². The molecular weight excluding hydrogens is 210 g/mol. The van der Waals surface area contributed by atoms with Crippen molar-refractivity contribution in [2.24, 2.45) is 5.92 Å². The van der Waals surface area contributed by atoms with Crippen LogP contribution in [-0.2, 0) is 6.54 Å². The Morgan fingerprint density at radius 3 is 2.60 bits per heavy atom. The summed E-state index contributed by atoms with van der Waals surface area (Å²) in [5, 5.41) is 4.98. The molecule has 0 atom stereocenters. The zero-order valence-electron chi connectivity index (χ0n) is 9.17. The Morgan fingerprint density at radius 1 is 1.40 bits per heavy atom. The molecule has 0 aliphatic heterocycles. The van der Waals surface area contributed by atoms with Crippen molar-refractivity contribution < 1.29 is 0 Å². The fourth-order valence-electron chi connectivity index (χ4n) is 2.33. The van der Waals surface area contributed by atoms with Crippen LogP contribution in [0.25, 0.3) is 0 Å². The van der Waals surface area contributed by atoms with E-state index in [-0.39, 0.29) is 0 Å². The lowest BCUT2D eigenvalue weighted by Gasteiger charge is -2.21. The van der Waals surface area contributed by atoms with Gasteiger partial charge < -0.3 is 5.73 Å². The van der Waals surface area contributed by atoms with Crippen LogP contribution in [-0.4, -0.2) is 9.78 Å². The molecule has 1 saturated carbocycles. The van der Waals surface area contributed by atoms with Gasteiger partial charge in [-0.05, 0) is 25.7 Å². The number of nitrogens with two attached hydrogens (primary N) is 1. The monoisotopic (exact) mass is 227 g/mol. The topological polar surface area (TPSA) is 43.8 Å². The number of aryl methyl sites for hydroxylation is 1. The maximum absolute atomic E-state index is 6.01. The fourth-order valence-corrected chi connectivity index (χ4v) is 2.47. The van der Waals surface area contributed by atoms with Gasteiger partial charge >= 0.3 is 0 Å². The van der Waals surface area contributed by atoms with Crippen LogP contribution < -0.4 is 5.73 Å². The normalized spacial score (nSPS) is 18.3. The van der Waals surface area contributed by atoms with Crippen molar-refractivity contribution in [3.63, 3.8) is 0 Å². The third kappa shape index (κ3) is 2.28. The Kier molecular flexibility index (Phi) is 3.19. The molecule has 84 valence electrons. The van der Waals surface area contributed by atoms with Crippen molar-refractivity contribution in [2.45, 2.75) is 45.6 Å². The first-order valence-electron chi connectivity index (χ1n) is 5.67. The molecule has 0 spiro atoms. The smallest absolute Gasteiger partial charge is 0.140 e. The molecule has 0 radical (unpaired) electrons. The lowest BCUT2D eigenvalue weighted by Crippen LogP contribution is -2.16. The van der Waals surface area contributed by atoms with E-state index < -0.39 is 0 Å². The van der Waals surface area contributed by atoms with Crippen LogP contribution in [0.3, 0.4) is 0 Å². The van der Waals surface area contributed by atoms with E-state index in [4.69, 9.17) is 17.3 Å². The highest BCUT2D eigenvalue weighted by molar-refractivity contribution is 6.33. The lowest BCUT2D eigenvalue weighted by atomic mass is 9.89. The average molecular weight is 228 g/mol. The molecule has 1 heterocycles. The Balaban J connectivity index is 2.06. The van der Waals surface area contributed by atoms with Crippen molar-refractivity contribution in [3.8, 4) is 0 Å². The van der Waals surface area contributed by atoms with E-state index in [0.29, 0.717) is 10.8 Å². The predicted molar refractivity (Wildman–Crippen MR) is 63.0 cm³/mol. The van der Waals surface area contributed by atoms with Gasteiger partial charge in [0.2, 0.25) is 0 Å². The highest BCUT2D eigenvalue weighted by Gasteiger charge is 2.17. The molecule has 0 amide bonds. The molecule has 0 bridgehead atoms. The second kappa shape index (κ2) is 4.44. The SMILES string of the molecule is Cc1nn(CC2CCCCC2)c(N)c1Cl. The van der Waals surface area contributed by atoms with Crippen LogP contribution in [0.2, 0.25) is 5.02 Å². The van der Waals surface area contributed by atoms with Gasteiger partial charge in [-0.3, -0.25) is 0 Å². The van der Waals surface area contributed by atoms with Crippen LogP contribution in [0.4, 0.5) is 5.82 Å². The summed E-state index contributed by atoms with van der Waals surface area (Å²) in [5.74, 6) is 1.36. The Morgan fingerprint density at radius 2 is 2.07 bits per heavy atom. The van der Waals surface area contributed by atoms with Crippen LogP contribution in [0.1, 0.15) is 37.8 Å². The second-order valence-corrected chi connectivity index (χ2v) is 4.85. The summed E-state index contributed by atoms with van der Waals surface area (Å²) >= 11 is 6.01. The zero-order valence-corrected chi connectivity index (χ0v) is 9.93. The molecule has 1 aliphatic carbocycles. The van der Waals surface area contributed by atoms with Gasteiger partial charge in [-0.15, -0.1) is 0 Å². The highest BCUT2D eigenvalue weighted by atomic mass is 35.5. The maximum Gasteiger partial charge on any atom is 0.140 e. The quantitative estimate of drug-likeness (QED) is 0.844. The van der Waals surface area contributed by atoms with Crippen molar-refractivity contribution in [2.75, 3.05) is 5.73 Å². The average Bonchev–Trinajstić information content (AvgIpc) is 2.48. The number of aromatic nitrogens is 2. The van der Waals surface area contributed by atoms with E-state index >= 15 is 0 Å². The van der Waals surface area contributed by atoms with E-state index in [1.807, 2.05) is 11.6 Å². The standard InChI is InChI=1S/C11H18ClN3/c1-8-10(12)11(13)15(14-8)7-9-5-3-2-4-6-9/h9H,2-7,13H2,1H3. The van der Waals surface area contributed by atoms with E-state index in [9.17, 15) is 0 Å². The van der Waals surface area contributed by atoms with Crippen LogP contribution >= 0.6 is 11.6 Å². The number of nitrogen functional groups attached to an aromatic ring is 1. The maximum atomic E-state index is 6.01. The number of hydrogen-bond donors (Lipinski definition) is 1. The van der Waals surface area contributed by atoms with Gasteiger partial charge in [-0.2, -0.15) is 5.10 Å². The molecule has 1 aromatic heterocycles. The molecule has 0 aromatic carbocycles. The third-order valence-corrected chi connectivity index (χ3v) is 3.71. The first-order valence-corrected chi connectivity index (χ1v) is 6.04. The molecule has 15 heavy (non-hydrogen) atoms. The molecule has 2 rings (SSSR count). The third-order valence-electron chi connectivity index (χ3n) is 3.25. The first-order chi connectivity index (χ1) is 7.18. The zero-order chi connectivity index (χ0) is 10.8. The molecular formula is C11H18ClN3. The lowest BCUT2D eigenvalue weighted by molar-refractivity contribution is 0.309. The van der Waals surface area contributed by atoms with Crippen molar-refractivity contribution in [3.05, 3.63) is 10.7 Å². The number of hydrogen-bond acceptors (Lipinski definition) is 2. The van der Waals surface area contributed by atoms with E-state index in [0.717, 1.165) is 18.2 Å². The molecule has 0 unspecified atom stereocenters. The van der Waals surface area contributed by atoms with Crippen LogP contribution in [0.15, 0.2) is 0 Å². The largest absolute Gasteiger partial charge is 0.383 e. The minimum absolute atomic E-state index is 0.616. The van der Waals surface area contributed by atoms with Gasteiger partial charge in [0.25, 0.3) is 0 Å². The van der Waals surface area contributed by atoms with E-state index in [1.165, 1.54) is 32.1 Å². The van der Waals surface area contributed by atoms with Crippen molar-refractivity contribution >= 4 is 17.4 Å². The molecule has 2 N–H and O–H groups in total. The molecule has 3 nitrogen and oxygen atoms in total. The minimum atomic E-state index is 0.616. The molecule has 4 heteroatoms. The van der Waals surface area contributed by atoms with Gasteiger partial charge in [0.1, 0.15) is 10.8 Å². The van der Waals surface area contributed by atoms with Crippen LogP contribution in [0.5, 0.6) is 0 Å². The summed E-state index contributed by atoms with van der Waals surface area (Å²) in [6.07, 6.45) is 6.67.